The van der Waals surface area contributed by atoms with Crippen LogP contribution >= 0.6 is 0 Å². The quantitative estimate of drug-likeness (QED) is 0.847. The third kappa shape index (κ3) is 4.17. The lowest BCUT2D eigenvalue weighted by Gasteiger charge is -2.31. The maximum atomic E-state index is 13.1. The Morgan fingerprint density at radius 2 is 1.61 bits per heavy atom. The lowest BCUT2D eigenvalue weighted by molar-refractivity contribution is -0.150. The molecule has 1 unspecified atom stereocenters. The minimum Gasteiger partial charge on any atom is -0.479 e. The number of carbonyl (C=O) groups is 2. The van der Waals surface area contributed by atoms with Crippen LogP contribution in [-0.4, -0.2) is 33.8 Å². The van der Waals surface area contributed by atoms with Crippen LogP contribution in [-0.2, 0) is 14.3 Å². The number of amides is 1. The summed E-state index contributed by atoms with van der Waals surface area (Å²) in [6, 6.07) is 15.7. The molecule has 28 heavy (non-hydrogen) atoms. The van der Waals surface area contributed by atoms with Crippen LogP contribution in [0.3, 0.4) is 0 Å². The molecular weight excluding hydrogens is 358 g/mol. The maximum Gasteiger partial charge on any atom is 0.413 e. The fraction of sp³-hybridized carbons (Fsp3) is 0.364. The lowest BCUT2D eigenvalue weighted by atomic mass is 10.0. The molecule has 0 aliphatic carbocycles. The van der Waals surface area contributed by atoms with Crippen LogP contribution in [0.5, 0.6) is 0 Å². The van der Waals surface area contributed by atoms with Crippen molar-refractivity contribution in [2.75, 3.05) is 0 Å². The Labute approximate surface area is 164 Å². The van der Waals surface area contributed by atoms with Gasteiger partial charge < -0.3 is 14.6 Å². The van der Waals surface area contributed by atoms with Gasteiger partial charge in [0.05, 0.1) is 0 Å². The minimum absolute atomic E-state index is 0.615. The smallest absolute Gasteiger partial charge is 0.413 e. The zero-order valence-electron chi connectivity index (χ0n) is 16.5. The number of aliphatic carboxylic acids is 1. The number of hydrogen-bond acceptors (Lipinski definition) is 4. The van der Waals surface area contributed by atoms with E-state index < -0.39 is 36.0 Å². The van der Waals surface area contributed by atoms with E-state index in [0.717, 1.165) is 5.56 Å². The van der Waals surface area contributed by atoms with Crippen LogP contribution in [0.4, 0.5) is 4.79 Å². The molecule has 1 aliphatic heterocycles. The van der Waals surface area contributed by atoms with Crippen molar-refractivity contribution in [1.82, 2.24) is 4.90 Å². The highest BCUT2D eigenvalue weighted by Gasteiger charge is 2.51. The Hall–Kier alpha value is -2.86. The van der Waals surface area contributed by atoms with E-state index >= 15 is 0 Å². The predicted octanol–water partition coefficient (Wildman–Crippen LogP) is 4.46. The maximum absolute atomic E-state index is 13.1. The van der Waals surface area contributed by atoms with E-state index in [9.17, 15) is 14.7 Å². The zero-order valence-corrected chi connectivity index (χ0v) is 16.5. The number of carboxylic acid groups (broad SMARTS) is 1. The highest BCUT2D eigenvalue weighted by molar-refractivity contribution is 5.77. The predicted molar refractivity (Wildman–Crippen MR) is 104 cm³/mol. The van der Waals surface area contributed by atoms with Gasteiger partial charge in [0, 0.05) is 5.56 Å². The molecule has 1 saturated heterocycles. The van der Waals surface area contributed by atoms with Gasteiger partial charge in [-0.05, 0) is 33.3 Å². The number of benzene rings is 2. The van der Waals surface area contributed by atoms with Crippen molar-refractivity contribution in [3.63, 3.8) is 0 Å². The monoisotopic (exact) mass is 383 g/mol. The molecule has 1 amide bonds. The average Bonchev–Trinajstić information content (AvgIpc) is 3.02. The molecule has 0 aromatic heterocycles. The number of ether oxygens (including phenoxy) is 2. The molecule has 148 valence electrons. The molecule has 0 saturated carbocycles. The minimum atomic E-state index is -1.21. The van der Waals surface area contributed by atoms with E-state index in [0.29, 0.717) is 11.1 Å². The van der Waals surface area contributed by atoms with Crippen molar-refractivity contribution < 1.29 is 24.2 Å². The van der Waals surface area contributed by atoms with Crippen molar-refractivity contribution in [2.45, 2.75) is 51.7 Å². The molecule has 1 aliphatic rings. The molecule has 1 fully saturated rings. The van der Waals surface area contributed by atoms with Gasteiger partial charge in [0.15, 0.2) is 12.3 Å². The molecule has 6 nitrogen and oxygen atoms in total. The van der Waals surface area contributed by atoms with E-state index in [1.165, 1.54) is 4.90 Å². The molecule has 0 spiro atoms. The summed E-state index contributed by atoms with van der Waals surface area (Å²) in [6.07, 6.45) is -2.68. The summed E-state index contributed by atoms with van der Waals surface area (Å²) in [5.41, 5.74) is 1.70. The Morgan fingerprint density at radius 3 is 2.14 bits per heavy atom. The fourth-order valence-electron chi connectivity index (χ4n) is 3.24. The van der Waals surface area contributed by atoms with Gasteiger partial charge in [-0.3, -0.25) is 4.90 Å². The average molecular weight is 383 g/mol. The molecule has 2 aromatic carbocycles. The first kappa shape index (κ1) is 19.9. The summed E-state index contributed by atoms with van der Waals surface area (Å²) in [6.45, 7) is 7.27. The van der Waals surface area contributed by atoms with Crippen LogP contribution in [0, 0.1) is 6.92 Å². The summed E-state index contributed by atoms with van der Waals surface area (Å²) in [5, 5.41) is 9.78. The van der Waals surface area contributed by atoms with Gasteiger partial charge >= 0.3 is 12.1 Å². The van der Waals surface area contributed by atoms with Crippen molar-refractivity contribution in [3.8, 4) is 0 Å². The van der Waals surface area contributed by atoms with Gasteiger partial charge in [0.2, 0.25) is 0 Å². The third-order valence-electron chi connectivity index (χ3n) is 4.47. The first-order chi connectivity index (χ1) is 13.2. The molecular formula is C22H25NO5. The summed E-state index contributed by atoms with van der Waals surface area (Å²) in [7, 11) is 0. The van der Waals surface area contributed by atoms with Crippen LogP contribution in [0.15, 0.2) is 54.6 Å². The topological polar surface area (TPSA) is 76.1 Å². The van der Waals surface area contributed by atoms with Crippen LogP contribution in [0.2, 0.25) is 0 Å². The second-order valence-electron chi connectivity index (χ2n) is 7.90. The molecule has 1 N–H and O–H groups in total. The van der Waals surface area contributed by atoms with E-state index in [2.05, 4.69) is 0 Å². The normalized spacial score (nSPS) is 22.1. The Bertz CT molecular complexity index is 841. The largest absolute Gasteiger partial charge is 0.479 e. The molecule has 3 rings (SSSR count). The first-order valence-electron chi connectivity index (χ1n) is 9.18. The first-order valence-corrected chi connectivity index (χ1v) is 9.18. The van der Waals surface area contributed by atoms with Gasteiger partial charge in [-0.25, -0.2) is 9.59 Å². The van der Waals surface area contributed by atoms with Crippen LogP contribution in [0.1, 0.15) is 49.7 Å². The van der Waals surface area contributed by atoms with E-state index in [1.807, 2.05) is 37.3 Å². The van der Waals surface area contributed by atoms with Crippen molar-refractivity contribution in [3.05, 3.63) is 71.3 Å². The van der Waals surface area contributed by atoms with Crippen LogP contribution < -0.4 is 0 Å². The van der Waals surface area contributed by atoms with Gasteiger partial charge in [-0.1, -0.05) is 60.2 Å². The summed E-state index contributed by atoms with van der Waals surface area (Å²) < 4.78 is 11.5. The molecule has 0 radical (unpaired) electrons. The molecule has 1 heterocycles. The lowest BCUT2D eigenvalue weighted by Crippen LogP contribution is -2.40. The fourth-order valence-corrected chi connectivity index (χ4v) is 3.24. The van der Waals surface area contributed by atoms with Crippen molar-refractivity contribution >= 4 is 12.1 Å². The summed E-state index contributed by atoms with van der Waals surface area (Å²) in [4.78, 5) is 26.5. The van der Waals surface area contributed by atoms with Gasteiger partial charge in [-0.15, -0.1) is 0 Å². The SMILES string of the molecule is Cc1ccc([C@H]2OC(C(=O)O)[C@H](c3ccccc3)N2C(=O)OC(C)(C)C)cc1. The molecule has 2 aromatic rings. The van der Waals surface area contributed by atoms with Crippen molar-refractivity contribution in [1.29, 1.82) is 0 Å². The standard InChI is InChI=1S/C22H25NO5/c1-14-10-12-16(13-11-14)19-23(21(26)28-22(2,3)4)17(18(27-19)20(24)25)15-8-6-5-7-9-15/h5-13,17-19H,1-4H3,(H,24,25)/t17-,18?,19+/m0/s1. The second-order valence-corrected chi connectivity index (χ2v) is 7.90. The molecule has 0 bridgehead atoms. The number of rotatable bonds is 3. The third-order valence-corrected chi connectivity index (χ3v) is 4.47. The molecule has 3 atom stereocenters. The molecule has 6 heteroatoms. The number of carbonyl (C=O) groups excluding carboxylic acids is 1. The zero-order chi connectivity index (χ0) is 20.5. The Morgan fingerprint density at radius 1 is 1.00 bits per heavy atom. The summed E-state index contributed by atoms with van der Waals surface area (Å²) in [5.74, 6) is -1.13. The number of carboxylic acids is 1. The number of nitrogens with zero attached hydrogens (tertiary/aromatic N) is 1. The van der Waals surface area contributed by atoms with E-state index in [1.54, 1.807) is 45.0 Å². The van der Waals surface area contributed by atoms with Crippen molar-refractivity contribution in [2.24, 2.45) is 0 Å². The van der Waals surface area contributed by atoms with E-state index in [4.69, 9.17) is 9.47 Å². The Kier molecular flexibility index (Phi) is 5.42. The van der Waals surface area contributed by atoms with Gasteiger partial charge in [-0.2, -0.15) is 0 Å². The second kappa shape index (κ2) is 7.64. The summed E-state index contributed by atoms with van der Waals surface area (Å²) >= 11 is 0. The van der Waals surface area contributed by atoms with Gasteiger partial charge in [0.1, 0.15) is 11.6 Å². The highest BCUT2D eigenvalue weighted by Crippen LogP contribution is 2.44. The van der Waals surface area contributed by atoms with Gasteiger partial charge in [0.25, 0.3) is 0 Å². The van der Waals surface area contributed by atoms with E-state index in [-0.39, 0.29) is 0 Å². The Balaban J connectivity index is 2.09. The highest BCUT2D eigenvalue weighted by atomic mass is 16.6. The number of hydrogen-bond donors (Lipinski definition) is 1. The number of aryl methyl sites for hydroxylation is 1. The van der Waals surface area contributed by atoms with Crippen LogP contribution in [0.25, 0.3) is 0 Å².